The molecule has 3 heterocycles. The number of likely N-dealkylation sites (tertiary alicyclic amines) is 1. The van der Waals surface area contributed by atoms with Crippen LogP contribution in [0.15, 0.2) is 67.0 Å². The van der Waals surface area contributed by atoms with E-state index in [9.17, 15) is 4.79 Å². The number of amides is 1. The van der Waals surface area contributed by atoms with Crippen molar-refractivity contribution in [3.05, 3.63) is 78.1 Å². The molecule has 0 spiro atoms. The zero-order valence-electron chi connectivity index (χ0n) is 20.2. The number of hydrogen-bond donors (Lipinski definition) is 0. The lowest BCUT2D eigenvalue weighted by atomic mass is 9.78. The first-order valence-corrected chi connectivity index (χ1v) is 12.6. The molecule has 0 aliphatic carbocycles. The fourth-order valence-corrected chi connectivity index (χ4v) is 5.51. The Labute approximate surface area is 202 Å². The summed E-state index contributed by atoms with van der Waals surface area (Å²) in [4.78, 5) is 22.6. The summed E-state index contributed by atoms with van der Waals surface area (Å²) in [6.07, 6.45) is 6.51. The Morgan fingerprint density at radius 2 is 1.88 bits per heavy atom. The first-order chi connectivity index (χ1) is 16.6. The van der Waals surface area contributed by atoms with E-state index in [1.54, 1.807) is 0 Å². The normalized spacial score (nSPS) is 21.3. The van der Waals surface area contributed by atoms with E-state index in [0.29, 0.717) is 31.6 Å². The molecule has 0 radical (unpaired) electrons. The molecule has 2 fully saturated rings. The maximum atomic E-state index is 13.7. The molecule has 0 N–H and O–H groups in total. The van der Waals surface area contributed by atoms with Crippen LogP contribution in [0.1, 0.15) is 30.9 Å². The molecule has 2 aliphatic heterocycles. The van der Waals surface area contributed by atoms with Crippen LogP contribution in [0.3, 0.4) is 0 Å². The number of ether oxygens (including phenoxy) is 1. The van der Waals surface area contributed by atoms with E-state index < -0.39 is 0 Å². The van der Waals surface area contributed by atoms with Crippen molar-refractivity contribution in [3.8, 4) is 0 Å². The first-order valence-electron chi connectivity index (χ1n) is 12.6. The molecule has 34 heavy (non-hydrogen) atoms. The molecule has 5 rings (SSSR count). The van der Waals surface area contributed by atoms with Crippen molar-refractivity contribution in [2.45, 2.75) is 32.7 Å². The van der Waals surface area contributed by atoms with Gasteiger partial charge in [-0.25, -0.2) is 0 Å². The number of aromatic nitrogens is 1. The third kappa shape index (κ3) is 5.16. The molecule has 1 unspecified atom stereocenters. The molecular formula is C29H35N3O2. The number of fused-ring (bicyclic) bond motifs is 1. The summed E-state index contributed by atoms with van der Waals surface area (Å²) in [5, 5.41) is 2.41. The summed E-state index contributed by atoms with van der Waals surface area (Å²) in [7, 11) is 0. The largest absolute Gasteiger partial charge is 0.379 e. The van der Waals surface area contributed by atoms with Crippen LogP contribution in [0.25, 0.3) is 10.8 Å². The fourth-order valence-electron chi connectivity index (χ4n) is 5.51. The van der Waals surface area contributed by atoms with Gasteiger partial charge in [0.1, 0.15) is 0 Å². The quantitative estimate of drug-likeness (QED) is 0.564. The van der Waals surface area contributed by atoms with Crippen LogP contribution in [-0.2, 0) is 22.5 Å². The van der Waals surface area contributed by atoms with Crippen LogP contribution in [0.5, 0.6) is 0 Å². The molecule has 1 amide bonds. The first kappa shape index (κ1) is 23.0. The van der Waals surface area contributed by atoms with E-state index >= 15 is 0 Å². The zero-order chi connectivity index (χ0) is 23.4. The lowest BCUT2D eigenvalue weighted by Gasteiger charge is -2.41. The van der Waals surface area contributed by atoms with Crippen molar-refractivity contribution in [1.29, 1.82) is 0 Å². The van der Waals surface area contributed by atoms with Crippen LogP contribution in [0.2, 0.25) is 0 Å². The van der Waals surface area contributed by atoms with E-state index in [4.69, 9.17) is 4.74 Å². The number of pyridine rings is 1. The summed E-state index contributed by atoms with van der Waals surface area (Å²) in [6, 6.07) is 19.1. The van der Waals surface area contributed by atoms with Crippen molar-refractivity contribution in [2.75, 3.05) is 39.4 Å². The van der Waals surface area contributed by atoms with E-state index in [0.717, 1.165) is 50.8 Å². The van der Waals surface area contributed by atoms with E-state index in [-0.39, 0.29) is 5.41 Å². The molecule has 5 heteroatoms. The molecule has 2 aromatic carbocycles. The number of piperidine rings is 1. The molecule has 0 saturated carbocycles. The Morgan fingerprint density at radius 1 is 1.06 bits per heavy atom. The van der Waals surface area contributed by atoms with Gasteiger partial charge in [0.05, 0.1) is 13.2 Å². The topological polar surface area (TPSA) is 45.7 Å². The summed E-state index contributed by atoms with van der Waals surface area (Å²) < 4.78 is 5.96. The van der Waals surface area contributed by atoms with Gasteiger partial charge < -0.3 is 9.64 Å². The lowest BCUT2D eigenvalue weighted by Crippen LogP contribution is -2.50. The molecule has 3 aromatic rings. The highest BCUT2D eigenvalue weighted by atomic mass is 16.5. The van der Waals surface area contributed by atoms with Gasteiger partial charge in [0, 0.05) is 48.7 Å². The number of carbonyl (C=O) groups is 1. The fraction of sp³-hybridized carbons (Fsp3) is 0.448. The minimum Gasteiger partial charge on any atom is -0.379 e. The summed E-state index contributed by atoms with van der Waals surface area (Å²) in [5.41, 5.74) is 2.37. The zero-order valence-corrected chi connectivity index (χ0v) is 20.2. The number of nitrogens with zero attached hydrogens (tertiary/aromatic N) is 3. The minimum atomic E-state index is -0.285. The molecule has 2 saturated heterocycles. The van der Waals surface area contributed by atoms with Crippen molar-refractivity contribution < 1.29 is 9.53 Å². The van der Waals surface area contributed by atoms with Gasteiger partial charge in [-0.2, -0.15) is 0 Å². The third-order valence-corrected chi connectivity index (χ3v) is 7.63. The molecule has 1 aromatic heterocycles. The molecule has 0 bridgehead atoms. The summed E-state index contributed by atoms with van der Waals surface area (Å²) >= 11 is 0. The Morgan fingerprint density at radius 3 is 2.71 bits per heavy atom. The highest BCUT2D eigenvalue weighted by Crippen LogP contribution is 2.34. The smallest absolute Gasteiger partial charge is 0.228 e. The van der Waals surface area contributed by atoms with Gasteiger partial charge in [-0.1, -0.05) is 55.5 Å². The third-order valence-electron chi connectivity index (χ3n) is 7.63. The highest BCUT2D eigenvalue weighted by Gasteiger charge is 2.40. The van der Waals surface area contributed by atoms with Crippen LogP contribution in [0, 0.1) is 11.3 Å². The van der Waals surface area contributed by atoms with Gasteiger partial charge in [0.15, 0.2) is 0 Å². The summed E-state index contributed by atoms with van der Waals surface area (Å²) in [6.45, 7) is 7.86. The van der Waals surface area contributed by atoms with Crippen molar-refractivity contribution in [2.24, 2.45) is 11.3 Å². The lowest BCUT2D eigenvalue weighted by molar-refractivity contribution is -0.144. The van der Waals surface area contributed by atoms with Gasteiger partial charge in [-0.05, 0) is 54.9 Å². The predicted octanol–water partition coefficient (Wildman–Crippen LogP) is 4.55. The SMILES string of the molecule is CC1(C(=O)N2CCOCC(Cc3cccc4cnccc34)C2)CCN(Cc2ccccc2)CC1. The van der Waals surface area contributed by atoms with Gasteiger partial charge in [0.2, 0.25) is 5.91 Å². The molecule has 178 valence electrons. The Kier molecular flexibility index (Phi) is 6.93. The van der Waals surface area contributed by atoms with Crippen molar-refractivity contribution >= 4 is 16.7 Å². The van der Waals surface area contributed by atoms with Crippen LogP contribution in [-0.4, -0.2) is 60.1 Å². The maximum Gasteiger partial charge on any atom is 0.228 e. The number of hydrogen-bond acceptors (Lipinski definition) is 4. The maximum absolute atomic E-state index is 13.7. The molecule has 5 nitrogen and oxygen atoms in total. The predicted molar refractivity (Wildman–Crippen MR) is 135 cm³/mol. The Balaban J connectivity index is 1.23. The second kappa shape index (κ2) is 10.2. The van der Waals surface area contributed by atoms with E-state index in [2.05, 4.69) is 76.3 Å². The van der Waals surface area contributed by atoms with Gasteiger partial charge in [0.25, 0.3) is 0 Å². The van der Waals surface area contributed by atoms with Gasteiger partial charge in [-0.15, -0.1) is 0 Å². The molecule has 2 aliphatic rings. The monoisotopic (exact) mass is 457 g/mol. The number of benzene rings is 2. The molecular weight excluding hydrogens is 422 g/mol. The standard InChI is InChI=1S/C29H35N3O2/c1-29(11-14-31(15-12-29)20-23-6-3-2-4-7-23)28(33)32-16-17-34-22-24(21-32)18-25-8-5-9-26-19-30-13-10-27(25)26/h2-10,13,19,24H,11-12,14-18,20-22H2,1H3. The highest BCUT2D eigenvalue weighted by molar-refractivity contribution is 5.85. The van der Waals surface area contributed by atoms with Gasteiger partial charge >= 0.3 is 0 Å². The van der Waals surface area contributed by atoms with Crippen LogP contribution in [0.4, 0.5) is 0 Å². The van der Waals surface area contributed by atoms with Crippen molar-refractivity contribution in [1.82, 2.24) is 14.8 Å². The van der Waals surface area contributed by atoms with Crippen LogP contribution >= 0.6 is 0 Å². The average molecular weight is 458 g/mol. The second-order valence-electron chi connectivity index (χ2n) is 10.2. The van der Waals surface area contributed by atoms with E-state index in [1.165, 1.54) is 16.5 Å². The van der Waals surface area contributed by atoms with Crippen molar-refractivity contribution in [3.63, 3.8) is 0 Å². The van der Waals surface area contributed by atoms with E-state index in [1.807, 2.05) is 12.4 Å². The Hall–Kier alpha value is -2.76. The minimum absolute atomic E-state index is 0.285. The molecule has 1 atom stereocenters. The second-order valence-corrected chi connectivity index (χ2v) is 10.2. The van der Waals surface area contributed by atoms with Crippen LogP contribution < -0.4 is 0 Å². The average Bonchev–Trinajstić information content (AvgIpc) is 3.11. The Bertz CT molecular complexity index is 1100. The van der Waals surface area contributed by atoms with Gasteiger partial charge in [-0.3, -0.25) is 14.7 Å². The number of rotatable bonds is 5. The summed E-state index contributed by atoms with van der Waals surface area (Å²) in [5.74, 6) is 0.608. The number of carbonyl (C=O) groups excluding carboxylic acids is 1.